The van der Waals surface area contributed by atoms with E-state index in [2.05, 4.69) is 66.1 Å². The normalized spacial score (nSPS) is 24.2. The highest BCUT2D eigenvalue weighted by Gasteiger charge is 2.24. The zero-order valence-electron chi connectivity index (χ0n) is 19.9. The lowest BCUT2D eigenvalue weighted by Gasteiger charge is -2.29. The quantitative estimate of drug-likeness (QED) is 0.598. The number of nitrogens with one attached hydrogen (secondary N) is 3. The van der Waals surface area contributed by atoms with Gasteiger partial charge in [-0.1, -0.05) is 18.6 Å². The van der Waals surface area contributed by atoms with Gasteiger partial charge in [0, 0.05) is 49.6 Å². The highest BCUT2D eigenvalue weighted by Crippen LogP contribution is 2.29. The summed E-state index contributed by atoms with van der Waals surface area (Å²) in [5.74, 6) is 1.29. The molecule has 0 bridgehead atoms. The number of hydrogen-bond donors (Lipinski definition) is 3. The van der Waals surface area contributed by atoms with E-state index in [9.17, 15) is 4.79 Å². The molecule has 0 aromatic carbocycles. The van der Waals surface area contributed by atoms with E-state index in [1.165, 1.54) is 24.8 Å². The Labute approximate surface area is 205 Å². The van der Waals surface area contributed by atoms with Crippen molar-refractivity contribution in [2.24, 2.45) is 11.0 Å². The Morgan fingerprint density at radius 1 is 1.17 bits per heavy atom. The van der Waals surface area contributed by atoms with Crippen LogP contribution in [-0.2, 0) is 4.79 Å². The largest absolute Gasteiger partial charge is 0.340 e. The van der Waals surface area contributed by atoms with Gasteiger partial charge in [-0.3, -0.25) is 4.79 Å². The monoisotopic (exact) mass is 472 g/mol. The number of H-pyrrole nitrogens is 1. The van der Waals surface area contributed by atoms with Crippen LogP contribution in [0.3, 0.4) is 0 Å². The van der Waals surface area contributed by atoms with Gasteiger partial charge in [-0.15, -0.1) is 0 Å². The lowest BCUT2D eigenvalue weighted by Crippen LogP contribution is -2.38. The molecule has 4 aliphatic rings. The summed E-state index contributed by atoms with van der Waals surface area (Å²) in [6, 6.07) is 2.35. The van der Waals surface area contributed by atoms with Gasteiger partial charge >= 0.3 is 0 Å². The number of nitrogens with zero attached hydrogens (tertiary/aromatic N) is 5. The predicted molar refractivity (Wildman–Crippen MR) is 138 cm³/mol. The van der Waals surface area contributed by atoms with Crippen molar-refractivity contribution in [3.63, 3.8) is 0 Å². The van der Waals surface area contributed by atoms with Crippen molar-refractivity contribution in [1.82, 2.24) is 30.2 Å². The van der Waals surface area contributed by atoms with Crippen molar-refractivity contribution in [2.45, 2.75) is 38.1 Å². The van der Waals surface area contributed by atoms with Crippen LogP contribution in [0.2, 0.25) is 0 Å². The van der Waals surface area contributed by atoms with Crippen molar-refractivity contribution in [2.75, 3.05) is 38.0 Å². The molecule has 0 radical (unpaired) electrons. The molecule has 2 aromatic rings. The lowest BCUT2D eigenvalue weighted by molar-refractivity contribution is -0.131. The summed E-state index contributed by atoms with van der Waals surface area (Å²) >= 11 is 0. The molecular formula is C26H32N8O. The fourth-order valence-corrected chi connectivity index (χ4v) is 5.35. The van der Waals surface area contributed by atoms with E-state index in [4.69, 9.17) is 0 Å². The molecule has 1 saturated heterocycles. The highest BCUT2D eigenvalue weighted by molar-refractivity contribution is 5.91. The highest BCUT2D eigenvalue weighted by atomic mass is 16.2. The molecule has 2 unspecified atom stereocenters. The summed E-state index contributed by atoms with van der Waals surface area (Å²) in [4.78, 5) is 29.6. The number of anilines is 1. The first-order valence-corrected chi connectivity index (χ1v) is 12.7. The van der Waals surface area contributed by atoms with Gasteiger partial charge in [0.1, 0.15) is 17.8 Å². The first kappa shape index (κ1) is 22.0. The summed E-state index contributed by atoms with van der Waals surface area (Å²) in [6.07, 6.45) is 17.3. The molecule has 3 N–H and O–H groups in total. The van der Waals surface area contributed by atoms with Gasteiger partial charge in [-0.2, -0.15) is 5.10 Å². The molecule has 9 nitrogen and oxygen atoms in total. The molecule has 2 aromatic heterocycles. The van der Waals surface area contributed by atoms with Gasteiger partial charge in [-0.25, -0.2) is 9.97 Å². The fraction of sp³-hybridized carbons (Fsp3) is 0.462. The van der Waals surface area contributed by atoms with Crippen LogP contribution in [0.4, 0.5) is 5.82 Å². The molecule has 2 atom stereocenters. The van der Waals surface area contributed by atoms with Crippen LogP contribution in [-0.4, -0.2) is 75.6 Å². The Kier molecular flexibility index (Phi) is 6.08. The number of likely N-dealkylation sites (tertiary alicyclic amines) is 1. The maximum atomic E-state index is 12.7. The van der Waals surface area contributed by atoms with Crippen molar-refractivity contribution >= 4 is 34.5 Å². The van der Waals surface area contributed by atoms with Crippen molar-refractivity contribution in [1.29, 1.82) is 0 Å². The Bertz CT molecular complexity index is 1220. The molecule has 35 heavy (non-hydrogen) atoms. The second-order valence-corrected chi connectivity index (χ2v) is 9.76. The maximum Gasteiger partial charge on any atom is 0.224 e. The van der Waals surface area contributed by atoms with Gasteiger partial charge in [0.15, 0.2) is 0 Å². The fourth-order valence-electron chi connectivity index (χ4n) is 5.35. The minimum absolute atomic E-state index is 0.235. The van der Waals surface area contributed by atoms with Gasteiger partial charge in [0.25, 0.3) is 0 Å². The Morgan fingerprint density at radius 3 is 2.94 bits per heavy atom. The SMILES string of the molecule is O=C(CCN1CCCCC1)N1CC=C(c2cc3c(NC4=CC5C=NNC5C=C4)ncnc3[nH]2)CC1. The van der Waals surface area contributed by atoms with Gasteiger partial charge in [0.2, 0.25) is 5.91 Å². The summed E-state index contributed by atoms with van der Waals surface area (Å²) in [5, 5.41) is 8.57. The molecule has 0 saturated carbocycles. The van der Waals surface area contributed by atoms with E-state index < -0.39 is 0 Å². The van der Waals surface area contributed by atoms with Crippen LogP contribution in [0.15, 0.2) is 47.5 Å². The number of rotatable bonds is 6. The number of allylic oxidation sites excluding steroid dienone is 1. The Hall–Kier alpha value is -3.46. The Morgan fingerprint density at radius 2 is 2.09 bits per heavy atom. The average molecular weight is 473 g/mol. The number of carbonyl (C=O) groups excluding carboxylic acids is 1. The van der Waals surface area contributed by atoms with E-state index in [1.807, 2.05) is 11.1 Å². The van der Waals surface area contributed by atoms with Gasteiger partial charge in [0.05, 0.1) is 11.4 Å². The molecule has 182 valence electrons. The van der Waals surface area contributed by atoms with Crippen LogP contribution in [0.5, 0.6) is 0 Å². The molecule has 1 aliphatic carbocycles. The lowest BCUT2D eigenvalue weighted by atomic mass is 9.96. The van der Waals surface area contributed by atoms with Gasteiger partial charge < -0.3 is 25.5 Å². The number of amides is 1. The smallest absolute Gasteiger partial charge is 0.224 e. The molecular weight excluding hydrogens is 440 g/mol. The number of aromatic amines is 1. The third-order valence-electron chi connectivity index (χ3n) is 7.43. The third kappa shape index (κ3) is 4.73. The van der Waals surface area contributed by atoms with E-state index in [0.717, 1.165) is 60.8 Å². The van der Waals surface area contributed by atoms with Crippen LogP contribution in [0, 0.1) is 5.92 Å². The molecule has 0 spiro atoms. The number of aromatic nitrogens is 3. The summed E-state index contributed by atoms with van der Waals surface area (Å²) in [6.45, 7) is 4.58. The number of hydrogen-bond acceptors (Lipinski definition) is 7. The van der Waals surface area contributed by atoms with Crippen LogP contribution in [0.25, 0.3) is 16.6 Å². The molecule has 1 amide bonds. The molecule has 1 fully saturated rings. The molecule has 3 aliphatic heterocycles. The molecule has 6 rings (SSSR count). The van der Waals surface area contributed by atoms with Crippen molar-refractivity contribution in [3.05, 3.63) is 48.1 Å². The zero-order chi connectivity index (χ0) is 23.6. The average Bonchev–Trinajstić information content (AvgIpc) is 3.55. The van der Waals surface area contributed by atoms with Crippen LogP contribution in [0.1, 0.15) is 37.8 Å². The van der Waals surface area contributed by atoms with Crippen molar-refractivity contribution in [3.8, 4) is 0 Å². The van der Waals surface area contributed by atoms with E-state index in [1.54, 1.807) is 6.33 Å². The van der Waals surface area contributed by atoms with E-state index in [0.29, 0.717) is 13.0 Å². The first-order chi connectivity index (χ1) is 17.2. The van der Waals surface area contributed by atoms with E-state index in [-0.39, 0.29) is 17.9 Å². The topological polar surface area (TPSA) is 102 Å². The first-order valence-electron chi connectivity index (χ1n) is 12.7. The standard InChI is InChI=1S/C26H32N8O/c35-24(8-11-33-9-2-1-3-10-33)34-12-6-18(7-13-34)23-15-21-25(27-17-28-26(21)31-23)30-20-4-5-22-19(14-20)16-29-32-22/h4-6,14-17,19,22,32H,1-3,7-13H2,(H2,27,28,30,31). The summed E-state index contributed by atoms with van der Waals surface area (Å²) < 4.78 is 0. The van der Waals surface area contributed by atoms with Gasteiger partial charge in [-0.05, 0) is 56.1 Å². The predicted octanol–water partition coefficient (Wildman–Crippen LogP) is 2.89. The van der Waals surface area contributed by atoms with Crippen LogP contribution < -0.4 is 10.7 Å². The zero-order valence-corrected chi connectivity index (χ0v) is 19.9. The van der Waals surface area contributed by atoms with Crippen LogP contribution >= 0.6 is 0 Å². The third-order valence-corrected chi connectivity index (χ3v) is 7.43. The number of piperidine rings is 1. The maximum absolute atomic E-state index is 12.7. The number of hydrazone groups is 1. The number of carbonyl (C=O) groups is 1. The minimum atomic E-state index is 0.235. The number of fused-ring (bicyclic) bond motifs is 2. The summed E-state index contributed by atoms with van der Waals surface area (Å²) in [7, 11) is 0. The second kappa shape index (κ2) is 9.65. The minimum Gasteiger partial charge on any atom is -0.340 e. The Balaban J connectivity index is 1.11. The van der Waals surface area contributed by atoms with Crippen molar-refractivity contribution < 1.29 is 4.79 Å². The second-order valence-electron chi connectivity index (χ2n) is 9.76. The van der Waals surface area contributed by atoms with E-state index >= 15 is 0 Å². The molecule has 9 heteroatoms. The summed E-state index contributed by atoms with van der Waals surface area (Å²) in [5.41, 5.74) is 7.17. The molecule has 5 heterocycles.